The topological polar surface area (TPSA) is 24.9 Å². The van der Waals surface area contributed by atoms with Crippen molar-refractivity contribution >= 4 is 46.3 Å². The Labute approximate surface area is 798 Å². The van der Waals surface area contributed by atoms with Gasteiger partial charge in [0.25, 0.3) is 0 Å². The van der Waals surface area contributed by atoms with E-state index in [0.717, 1.165) is 180 Å². The van der Waals surface area contributed by atoms with Crippen LogP contribution in [0, 0.1) is 39.3 Å². The molecular weight excluding hydrogens is 1670 g/mol. The second kappa shape index (κ2) is 33.3. The summed E-state index contributed by atoms with van der Waals surface area (Å²) in [6.45, 7) is 16.9. The summed E-state index contributed by atoms with van der Waals surface area (Å²) in [4.78, 5) is 4.99. The lowest BCUT2D eigenvalue weighted by atomic mass is 9.66. The summed E-state index contributed by atoms with van der Waals surface area (Å²) in [6.07, 6.45) is 3.69. The van der Waals surface area contributed by atoms with E-state index in [1.165, 1.54) is 91.0 Å². The van der Waals surface area contributed by atoms with Crippen LogP contribution in [-0.4, -0.2) is 0 Å². The van der Waals surface area contributed by atoms with E-state index in [0.29, 0.717) is 0 Å². The van der Waals surface area contributed by atoms with Crippen LogP contribution in [0.5, 0.6) is 23.0 Å². The van der Waals surface area contributed by atoms with Gasteiger partial charge in [0.05, 0.1) is 16.2 Å². The first-order chi connectivity index (χ1) is 67.2. The van der Waals surface area contributed by atoms with Crippen molar-refractivity contribution < 1.29 is 18.3 Å². The Morgan fingerprint density at radius 1 is 0.212 bits per heavy atom. The van der Waals surface area contributed by atoms with E-state index >= 15 is 0 Å². The van der Waals surface area contributed by atoms with E-state index in [2.05, 4.69) is 403 Å². The molecule has 0 fully saturated rings. The van der Waals surface area contributed by atoms with Crippen LogP contribution in [-0.2, 0) is 16.2 Å². The first-order valence-corrected chi connectivity index (χ1v) is 46.9. The van der Waals surface area contributed by atoms with Crippen LogP contribution in [0.25, 0.3) is 101 Å². The molecule has 2 atom stereocenters. The third-order valence-corrected chi connectivity index (χ3v) is 29.0. The molecule has 0 aliphatic heterocycles. The first kappa shape index (κ1) is 83.0. The van der Waals surface area contributed by atoms with Gasteiger partial charge in [-0.1, -0.05) is 328 Å². The quantitative estimate of drug-likeness (QED) is 0.0759. The lowest BCUT2D eigenvalue weighted by Crippen LogP contribution is -2.30. The average molecular weight is 1760 g/mol. The largest absolute Gasteiger partial charge is 0.457 e. The van der Waals surface area contributed by atoms with Crippen LogP contribution in [0.1, 0.15) is 100 Å². The van der Waals surface area contributed by atoms with E-state index in [1.54, 1.807) is 0 Å². The molecule has 137 heavy (non-hydrogen) atoms. The Kier molecular flexibility index (Phi) is 20.2. The maximum absolute atomic E-state index is 14.7. The van der Waals surface area contributed by atoms with Gasteiger partial charge in [0.15, 0.2) is 0 Å². The fourth-order valence-corrected chi connectivity index (χ4v) is 22.7. The third-order valence-electron chi connectivity index (χ3n) is 29.0. The summed E-state index contributed by atoms with van der Waals surface area (Å²) in [5.41, 5.74) is 41.3. The van der Waals surface area contributed by atoms with Gasteiger partial charge in [0.2, 0.25) is 0 Å². The van der Waals surface area contributed by atoms with Crippen LogP contribution >= 0.6 is 0 Å². The minimum atomic E-state index is -0.892. The standard InChI is InChI=1S/C131H92F2N2O2/c1-7-87-41-61-107(62-42-87)136-109-65-49-97(50-66-109)129(123-73-83(3)37-39-85(123)5)119-33-13-9-29-111(119)115-69-57-103(79-125(115)129)134(101-27-19-25-95(77-101)93-23-17-21-91(75-93)89-45-53-99(132)54-46-89)105-59-71-117-113-31-11-15-35-121(113)131(127(117)81-105)122-36-16-12-32-114(122)118-72-60-106(82-128(118)131)135(102-28-20-26-96(78-102)94-24-18-22-92(76-94)90-47-55-100(133)56-48-90)104-58-70-116-112-30-10-14-34-120(112)130(126(116)80-104,124-74-84(4)38-40-86(124)6)98-51-67-110(68-52-98)137-108-63-43-88(8-2)44-64-108/h7-82H,1-2H2,3-6H3. The number of rotatable bonds is 20. The minimum absolute atomic E-state index is 0.276. The number of halogens is 2. The molecule has 0 radical (unpaired) electrons. The molecule has 1 spiro atoms. The normalized spacial score (nSPS) is 15.2. The average Bonchev–Trinajstić information content (AvgIpc) is 1.53. The summed E-state index contributed by atoms with van der Waals surface area (Å²) < 4.78 is 42.7. The SMILES string of the molecule is C=Cc1ccc(Oc2ccc(C3(c4cc(C)ccc4C)c4ccccc4-c4ccc(N(c5cccc(-c6cccc(-c7ccc(F)cc7)c6)c5)c5ccc6c(c5)C5(c7ccccc7-6)c6ccccc6-c6ccc(N(c7cccc(-c8cccc(-c9ccc(F)cc9)c8)c7)c7ccc8c(c7)C(c7ccc(Oc9ccc(C=C)cc9)cc7)(c7cc(C)ccc7C)c7ccccc7-8)cc65)cc43)cc2)cc1. The zero-order chi connectivity index (χ0) is 92.4. The van der Waals surface area contributed by atoms with Gasteiger partial charge in [0.1, 0.15) is 34.6 Å². The van der Waals surface area contributed by atoms with Crippen molar-refractivity contribution in [3.05, 3.63) is 574 Å². The molecule has 0 aromatic heterocycles. The smallest absolute Gasteiger partial charge is 0.127 e. The number of fused-ring (bicyclic) bond motifs is 16. The maximum Gasteiger partial charge on any atom is 0.127 e. The molecule has 4 nitrogen and oxygen atoms in total. The van der Waals surface area contributed by atoms with Gasteiger partial charge in [-0.05, 0) is 363 Å². The summed E-state index contributed by atoms with van der Waals surface area (Å²) in [6, 6.07) is 161. The van der Waals surface area contributed by atoms with Crippen molar-refractivity contribution in [1.82, 2.24) is 0 Å². The van der Waals surface area contributed by atoms with Crippen molar-refractivity contribution in [2.75, 3.05) is 9.80 Å². The summed E-state index contributed by atoms with van der Waals surface area (Å²) >= 11 is 0. The molecule has 0 amide bonds. The highest BCUT2D eigenvalue weighted by Crippen LogP contribution is 2.66. The Morgan fingerprint density at radius 2 is 0.482 bits per heavy atom. The Hall–Kier alpha value is -17.1. The van der Waals surface area contributed by atoms with E-state index in [-0.39, 0.29) is 11.6 Å². The monoisotopic (exact) mass is 1760 g/mol. The van der Waals surface area contributed by atoms with E-state index < -0.39 is 16.2 Å². The molecule has 2 unspecified atom stereocenters. The highest BCUT2D eigenvalue weighted by molar-refractivity contribution is 6.00. The van der Waals surface area contributed by atoms with Gasteiger partial charge in [-0.2, -0.15) is 0 Å². The van der Waals surface area contributed by atoms with Gasteiger partial charge >= 0.3 is 0 Å². The van der Waals surface area contributed by atoms with Crippen LogP contribution in [0.15, 0.2) is 462 Å². The van der Waals surface area contributed by atoms with Gasteiger partial charge < -0.3 is 19.3 Å². The minimum Gasteiger partial charge on any atom is -0.457 e. The van der Waals surface area contributed by atoms with Gasteiger partial charge in [-0.3, -0.25) is 0 Å². The molecule has 24 rings (SSSR count). The number of hydrogen-bond donors (Lipinski definition) is 0. The van der Waals surface area contributed by atoms with E-state index in [4.69, 9.17) is 9.47 Å². The molecule has 0 heterocycles. The number of nitrogens with zero attached hydrogens (tertiary/aromatic N) is 2. The maximum atomic E-state index is 14.7. The number of benzene rings is 20. The molecule has 4 aliphatic rings. The summed E-state index contributed by atoms with van der Waals surface area (Å²) in [5, 5.41) is 0. The molecular formula is C131H92F2N2O2. The predicted molar refractivity (Wildman–Crippen MR) is 561 cm³/mol. The first-order valence-electron chi connectivity index (χ1n) is 46.9. The molecule has 20 aromatic rings. The molecule has 0 N–H and O–H groups in total. The summed E-state index contributed by atoms with van der Waals surface area (Å²) in [7, 11) is 0. The zero-order valence-corrected chi connectivity index (χ0v) is 76.3. The van der Waals surface area contributed by atoms with E-state index in [1.807, 2.05) is 84.9 Å². The van der Waals surface area contributed by atoms with Crippen molar-refractivity contribution in [2.24, 2.45) is 0 Å². The van der Waals surface area contributed by atoms with Gasteiger partial charge in [0, 0.05) is 34.1 Å². The van der Waals surface area contributed by atoms with Crippen LogP contribution in [0.2, 0.25) is 0 Å². The van der Waals surface area contributed by atoms with Crippen molar-refractivity contribution in [3.63, 3.8) is 0 Å². The van der Waals surface area contributed by atoms with Crippen LogP contribution < -0.4 is 19.3 Å². The highest BCUT2D eigenvalue weighted by Gasteiger charge is 2.54. The van der Waals surface area contributed by atoms with Crippen LogP contribution in [0.4, 0.5) is 42.9 Å². The lowest BCUT2D eigenvalue weighted by molar-refractivity contribution is 0.482. The molecule has 0 saturated carbocycles. The molecule has 0 bridgehead atoms. The van der Waals surface area contributed by atoms with Gasteiger partial charge in [-0.25, -0.2) is 8.78 Å². The van der Waals surface area contributed by atoms with E-state index in [9.17, 15) is 8.78 Å². The predicted octanol–water partition coefficient (Wildman–Crippen LogP) is 34.7. The molecule has 4 aliphatic carbocycles. The summed E-state index contributed by atoms with van der Waals surface area (Å²) in [5.74, 6) is 2.40. The number of hydrogen-bond acceptors (Lipinski definition) is 4. The number of anilines is 6. The highest BCUT2D eigenvalue weighted by atomic mass is 19.1. The Balaban J connectivity index is 0.722. The second-order valence-corrected chi connectivity index (χ2v) is 36.7. The number of aryl methyl sites for hydroxylation is 4. The molecule has 6 heteroatoms. The zero-order valence-electron chi connectivity index (χ0n) is 76.3. The Bertz CT molecular complexity index is 7770. The Morgan fingerprint density at radius 3 is 0.810 bits per heavy atom. The third kappa shape index (κ3) is 13.7. The van der Waals surface area contributed by atoms with Crippen molar-refractivity contribution in [1.29, 1.82) is 0 Å². The molecule has 0 saturated heterocycles. The fraction of sp³-hybridized carbons (Fsp3) is 0.0534. The van der Waals surface area contributed by atoms with Crippen molar-refractivity contribution in [2.45, 2.75) is 43.9 Å². The van der Waals surface area contributed by atoms with Crippen molar-refractivity contribution in [3.8, 4) is 112 Å². The van der Waals surface area contributed by atoms with Crippen LogP contribution in [0.3, 0.4) is 0 Å². The second-order valence-electron chi connectivity index (χ2n) is 36.7. The molecule has 652 valence electrons. The lowest BCUT2D eigenvalue weighted by Gasteiger charge is -2.36. The number of ether oxygens (including phenoxy) is 2. The fourth-order valence-electron chi connectivity index (χ4n) is 22.7. The molecule has 20 aromatic carbocycles. The van der Waals surface area contributed by atoms with Gasteiger partial charge in [-0.15, -0.1) is 0 Å².